The first-order chi connectivity index (χ1) is 12.2. The zero-order chi connectivity index (χ0) is 19.5. The highest BCUT2D eigenvalue weighted by Gasteiger charge is 2.42. The highest BCUT2D eigenvalue weighted by Crippen LogP contribution is 2.31. The van der Waals surface area contributed by atoms with E-state index in [0.29, 0.717) is 31.6 Å². The van der Waals surface area contributed by atoms with Crippen LogP contribution in [0.4, 0.5) is 0 Å². The summed E-state index contributed by atoms with van der Waals surface area (Å²) >= 11 is 0. The molecule has 0 spiro atoms. The number of carbonyl (C=O) groups is 2. The molecule has 9 nitrogen and oxygen atoms in total. The Labute approximate surface area is 153 Å². The van der Waals surface area contributed by atoms with Crippen molar-refractivity contribution in [1.82, 2.24) is 13.9 Å². The van der Waals surface area contributed by atoms with Gasteiger partial charge in [0, 0.05) is 25.6 Å². The van der Waals surface area contributed by atoms with Crippen LogP contribution in [0.5, 0.6) is 0 Å². The summed E-state index contributed by atoms with van der Waals surface area (Å²) in [5.74, 6) is -1.52. The Morgan fingerprint density at radius 3 is 2.46 bits per heavy atom. The second-order valence-electron chi connectivity index (χ2n) is 6.06. The van der Waals surface area contributed by atoms with Gasteiger partial charge in [0.2, 0.25) is 12.2 Å². The van der Waals surface area contributed by atoms with Crippen LogP contribution in [0.1, 0.15) is 40.0 Å². The maximum Gasteiger partial charge on any atom is 0.331 e. The van der Waals surface area contributed by atoms with Gasteiger partial charge in [0.15, 0.2) is 0 Å². The number of aliphatic imine (C=N–C) groups is 1. The van der Waals surface area contributed by atoms with Crippen molar-refractivity contribution in [3.8, 4) is 0 Å². The van der Waals surface area contributed by atoms with E-state index in [0.717, 1.165) is 4.31 Å². The van der Waals surface area contributed by atoms with Gasteiger partial charge in [-0.1, -0.05) is 19.9 Å². The largest absolute Gasteiger partial charge is 0.478 e. The first kappa shape index (κ1) is 20.1. The van der Waals surface area contributed by atoms with Crippen molar-refractivity contribution in [1.29, 1.82) is 0 Å². The molecule has 2 rings (SSSR count). The number of carbonyl (C=O) groups excluding carboxylic acids is 1. The summed E-state index contributed by atoms with van der Waals surface area (Å²) in [4.78, 5) is 27.0. The number of carboxylic acid groups (broad SMARTS) is 1. The molecule has 2 aliphatic rings. The fraction of sp³-hybridized carbons (Fsp3) is 0.562. The van der Waals surface area contributed by atoms with Crippen molar-refractivity contribution in [2.45, 2.75) is 46.3 Å². The van der Waals surface area contributed by atoms with Gasteiger partial charge in [0.25, 0.3) is 0 Å². The van der Waals surface area contributed by atoms with E-state index in [2.05, 4.69) is 10.3 Å². The van der Waals surface area contributed by atoms with E-state index in [9.17, 15) is 18.0 Å². The van der Waals surface area contributed by atoms with Crippen LogP contribution in [0.25, 0.3) is 0 Å². The molecule has 1 aliphatic heterocycles. The number of nitrogens with zero attached hydrogens (tertiary/aromatic N) is 3. The van der Waals surface area contributed by atoms with Crippen LogP contribution in [-0.2, 0) is 19.8 Å². The van der Waals surface area contributed by atoms with E-state index in [1.54, 1.807) is 0 Å². The normalized spacial score (nSPS) is 19.6. The van der Waals surface area contributed by atoms with Gasteiger partial charge >= 0.3 is 16.2 Å². The summed E-state index contributed by atoms with van der Waals surface area (Å²) in [6.45, 7) is 5.74. The van der Waals surface area contributed by atoms with E-state index < -0.39 is 28.4 Å². The Bertz CT molecular complexity index is 778. The third-order valence-electron chi connectivity index (χ3n) is 3.94. The Kier molecular flexibility index (Phi) is 6.19. The number of hydrogen-bond acceptors (Lipinski definition) is 5. The molecule has 0 radical (unpaired) electrons. The van der Waals surface area contributed by atoms with Gasteiger partial charge in [-0.3, -0.25) is 4.79 Å². The Morgan fingerprint density at radius 2 is 1.96 bits per heavy atom. The molecule has 1 heterocycles. The number of aliphatic carboxylic acids is 1. The van der Waals surface area contributed by atoms with E-state index in [1.807, 2.05) is 13.8 Å². The lowest BCUT2D eigenvalue weighted by atomic mass is 10.0. The van der Waals surface area contributed by atoms with Crippen LogP contribution in [-0.4, -0.2) is 59.1 Å². The van der Waals surface area contributed by atoms with Crippen LogP contribution >= 0.6 is 0 Å². The first-order valence-corrected chi connectivity index (χ1v) is 9.90. The standard InChI is InChI=1S/C16H24N4O5S/c1-4-8-19(9-5-2)26(24,25)20-14-7-6-12(15(22)23)10-13(14)18-16(20)17-11(3)21/h7,10,16H,4-6,8-9H2,1-3H3,(H,17,21)(H,22,23). The first-order valence-electron chi connectivity index (χ1n) is 8.51. The minimum atomic E-state index is -3.94. The monoisotopic (exact) mass is 384 g/mol. The molecule has 0 fully saturated rings. The van der Waals surface area contributed by atoms with E-state index >= 15 is 0 Å². The molecule has 10 heteroatoms. The van der Waals surface area contributed by atoms with Crippen molar-refractivity contribution in [2.75, 3.05) is 13.1 Å². The topological polar surface area (TPSA) is 119 Å². The molecule has 1 unspecified atom stereocenters. The summed E-state index contributed by atoms with van der Waals surface area (Å²) in [5, 5.41) is 11.7. The SMILES string of the molecule is CCCN(CCC)S(=O)(=O)N1C2=CCC(C(=O)O)=CC2=NC1NC(C)=O. The lowest BCUT2D eigenvalue weighted by Gasteiger charge is -2.32. The predicted molar refractivity (Wildman–Crippen MR) is 96.4 cm³/mol. The van der Waals surface area contributed by atoms with Crippen LogP contribution in [0.2, 0.25) is 0 Å². The molecule has 0 bridgehead atoms. The molecule has 0 aromatic heterocycles. The number of amides is 1. The van der Waals surface area contributed by atoms with Gasteiger partial charge in [-0.15, -0.1) is 0 Å². The van der Waals surface area contributed by atoms with Crippen LogP contribution < -0.4 is 5.32 Å². The quantitative estimate of drug-likeness (QED) is 0.642. The van der Waals surface area contributed by atoms with Crippen LogP contribution in [0.3, 0.4) is 0 Å². The van der Waals surface area contributed by atoms with Gasteiger partial charge in [0.1, 0.15) is 0 Å². The van der Waals surface area contributed by atoms with Crippen molar-refractivity contribution < 1.29 is 23.1 Å². The van der Waals surface area contributed by atoms with E-state index in [1.165, 1.54) is 23.4 Å². The number of nitrogens with one attached hydrogen (secondary N) is 1. The number of hydrogen-bond donors (Lipinski definition) is 2. The summed E-state index contributed by atoms with van der Waals surface area (Å²) < 4.78 is 28.9. The lowest BCUT2D eigenvalue weighted by molar-refractivity contribution is -0.132. The molecule has 0 saturated heterocycles. The third kappa shape index (κ3) is 3.96. The Balaban J connectivity index is 2.45. The molecular formula is C16H24N4O5S. The highest BCUT2D eigenvalue weighted by molar-refractivity contribution is 7.87. The molecule has 0 aromatic rings. The summed E-state index contributed by atoms with van der Waals surface area (Å²) in [5.41, 5.74) is 0.655. The number of carboxylic acids is 1. The predicted octanol–water partition coefficient (Wildman–Crippen LogP) is 0.828. The average molecular weight is 384 g/mol. The molecule has 1 atom stereocenters. The second kappa shape index (κ2) is 8.00. The molecule has 0 aromatic carbocycles. The number of rotatable bonds is 8. The fourth-order valence-corrected chi connectivity index (χ4v) is 4.71. The molecule has 1 amide bonds. The van der Waals surface area contributed by atoms with Gasteiger partial charge in [0.05, 0.1) is 11.4 Å². The molecule has 0 saturated carbocycles. The maximum atomic E-state index is 13.2. The van der Waals surface area contributed by atoms with Gasteiger partial charge < -0.3 is 10.4 Å². The van der Waals surface area contributed by atoms with Crippen molar-refractivity contribution in [2.24, 2.45) is 4.99 Å². The average Bonchev–Trinajstić information content (AvgIpc) is 2.91. The highest BCUT2D eigenvalue weighted by atomic mass is 32.2. The Morgan fingerprint density at radius 1 is 1.35 bits per heavy atom. The third-order valence-corrected chi connectivity index (χ3v) is 5.85. The van der Waals surface area contributed by atoms with Gasteiger partial charge in [-0.05, 0) is 25.3 Å². The zero-order valence-corrected chi connectivity index (χ0v) is 15.9. The zero-order valence-electron chi connectivity index (χ0n) is 15.1. The number of fused-ring (bicyclic) bond motifs is 1. The van der Waals surface area contributed by atoms with Crippen molar-refractivity contribution in [3.63, 3.8) is 0 Å². The smallest absolute Gasteiger partial charge is 0.331 e. The fourth-order valence-electron chi connectivity index (χ4n) is 2.87. The molecule has 1 aliphatic carbocycles. The van der Waals surface area contributed by atoms with Gasteiger partial charge in [-0.2, -0.15) is 12.7 Å². The number of allylic oxidation sites excluding steroid dienone is 2. The minimum absolute atomic E-state index is 0.0874. The van der Waals surface area contributed by atoms with Crippen molar-refractivity contribution in [3.05, 3.63) is 23.4 Å². The Hall–Kier alpha value is -2.20. The van der Waals surface area contributed by atoms with Crippen molar-refractivity contribution >= 4 is 27.8 Å². The van der Waals surface area contributed by atoms with Crippen LogP contribution in [0, 0.1) is 0 Å². The molecule has 2 N–H and O–H groups in total. The lowest BCUT2D eigenvalue weighted by Crippen LogP contribution is -2.51. The minimum Gasteiger partial charge on any atom is -0.478 e. The molecule has 26 heavy (non-hydrogen) atoms. The van der Waals surface area contributed by atoms with Crippen LogP contribution in [0.15, 0.2) is 28.4 Å². The molecule has 144 valence electrons. The maximum absolute atomic E-state index is 13.2. The second-order valence-corrected chi connectivity index (χ2v) is 7.86. The summed E-state index contributed by atoms with van der Waals surface area (Å²) in [6, 6.07) is 0. The summed E-state index contributed by atoms with van der Waals surface area (Å²) in [6.07, 6.45) is 3.13. The summed E-state index contributed by atoms with van der Waals surface area (Å²) in [7, 11) is -3.94. The van der Waals surface area contributed by atoms with Gasteiger partial charge in [-0.25, -0.2) is 14.1 Å². The molecular weight excluding hydrogens is 360 g/mol. The van der Waals surface area contributed by atoms with E-state index in [-0.39, 0.29) is 17.7 Å². The van der Waals surface area contributed by atoms with E-state index in [4.69, 9.17) is 5.11 Å².